The first-order valence-corrected chi connectivity index (χ1v) is 11.0. The van der Waals surface area contributed by atoms with Gasteiger partial charge in [0.2, 0.25) is 11.1 Å². The molecule has 1 N–H and O–H groups in total. The third-order valence-corrected chi connectivity index (χ3v) is 6.20. The van der Waals surface area contributed by atoms with Gasteiger partial charge in [0.05, 0.1) is 23.0 Å². The van der Waals surface area contributed by atoms with Crippen molar-refractivity contribution >= 4 is 45.6 Å². The Kier molecular flexibility index (Phi) is 5.72. The molecule has 0 unspecified atom stereocenters. The van der Waals surface area contributed by atoms with Crippen LogP contribution in [0.5, 0.6) is 0 Å². The molecule has 0 radical (unpaired) electrons. The Hall–Kier alpha value is -2.94. The number of benzene rings is 1. The molecule has 0 bridgehead atoms. The molecule has 0 aliphatic rings. The van der Waals surface area contributed by atoms with E-state index in [0.29, 0.717) is 11.0 Å². The highest BCUT2D eigenvalue weighted by Gasteiger charge is 2.20. The summed E-state index contributed by atoms with van der Waals surface area (Å²) in [4.78, 5) is 17.5. The van der Waals surface area contributed by atoms with E-state index < -0.39 is 0 Å². The highest BCUT2D eigenvalue weighted by molar-refractivity contribution is 8.00. The number of fused-ring (bicyclic) bond motifs is 3. The first-order valence-electron chi connectivity index (χ1n) is 10.2. The zero-order valence-electron chi connectivity index (χ0n) is 17.5. The van der Waals surface area contributed by atoms with Gasteiger partial charge in [-0.25, -0.2) is 9.67 Å². The van der Waals surface area contributed by atoms with Crippen LogP contribution in [-0.2, 0) is 11.3 Å². The molecule has 3 heterocycles. The number of nitrogens with zero attached hydrogens (tertiary/aromatic N) is 6. The monoisotopic (exact) mass is 423 g/mol. The summed E-state index contributed by atoms with van der Waals surface area (Å²) < 4.78 is 3.96. The van der Waals surface area contributed by atoms with Crippen LogP contribution in [-0.4, -0.2) is 40.7 Å². The highest BCUT2D eigenvalue weighted by atomic mass is 32.2. The minimum Gasteiger partial charge on any atom is -0.324 e. The van der Waals surface area contributed by atoms with Crippen LogP contribution >= 0.6 is 11.8 Å². The molecule has 0 aliphatic carbocycles. The zero-order valence-corrected chi connectivity index (χ0v) is 18.3. The lowest BCUT2D eigenvalue weighted by Crippen LogP contribution is -2.25. The molecule has 8 nitrogen and oxygen atoms in total. The Labute approximate surface area is 179 Å². The van der Waals surface area contributed by atoms with Crippen molar-refractivity contribution in [2.45, 2.75) is 57.1 Å². The van der Waals surface area contributed by atoms with Gasteiger partial charge in [0.25, 0.3) is 0 Å². The number of anilines is 1. The number of thioether (sulfide) groups is 1. The molecule has 1 amide bonds. The maximum Gasteiger partial charge on any atom is 0.238 e. The Morgan fingerprint density at radius 2 is 1.97 bits per heavy atom. The zero-order chi connectivity index (χ0) is 21.3. The van der Waals surface area contributed by atoms with Gasteiger partial charge in [-0.15, -0.1) is 10.2 Å². The van der Waals surface area contributed by atoms with Gasteiger partial charge < -0.3 is 9.88 Å². The fraction of sp³-hybridized carbons (Fsp3) is 0.381. The second-order valence-corrected chi connectivity index (χ2v) is 8.50. The molecule has 1 aromatic carbocycles. The SMILES string of the molecule is CC[C@@H](C)n1nccc1NC(=O)[C@@H](C)Sc1nnc2c3ccccc3n(CC)c2n1. The molecular weight excluding hydrogens is 398 g/mol. The molecule has 0 aliphatic heterocycles. The van der Waals surface area contributed by atoms with Crippen molar-refractivity contribution in [2.24, 2.45) is 0 Å². The Morgan fingerprint density at radius 1 is 1.17 bits per heavy atom. The molecule has 4 aromatic rings. The largest absolute Gasteiger partial charge is 0.324 e. The van der Waals surface area contributed by atoms with E-state index in [1.807, 2.05) is 35.9 Å². The van der Waals surface area contributed by atoms with E-state index in [4.69, 9.17) is 4.98 Å². The molecule has 30 heavy (non-hydrogen) atoms. The molecule has 3 aromatic heterocycles. The van der Waals surface area contributed by atoms with Gasteiger partial charge in [0.15, 0.2) is 5.65 Å². The topological polar surface area (TPSA) is 90.5 Å². The second kappa shape index (κ2) is 8.43. The van der Waals surface area contributed by atoms with Crippen LogP contribution in [0.3, 0.4) is 0 Å². The van der Waals surface area contributed by atoms with E-state index >= 15 is 0 Å². The van der Waals surface area contributed by atoms with Crippen LogP contribution in [0.2, 0.25) is 0 Å². The number of rotatable bonds is 7. The van der Waals surface area contributed by atoms with E-state index in [1.54, 1.807) is 6.20 Å². The molecule has 0 saturated carbocycles. The summed E-state index contributed by atoms with van der Waals surface area (Å²) in [5.74, 6) is 0.576. The fourth-order valence-corrected chi connectivity index (χ4v) is 4.15. The van der Waals surface area contributed by atoms with E-state index in [-0.39, 0.29) is 17.2 Å². The summed E-state index contributed by atoms with van der Waals surface area (Å²) in [7, 11) is 0. The lowest BCUT2D eigenvalue weighted by Gasteiger charge is -2.16. The number of aryl methyl sites for hydroxylation is 1. The quantitative estimate of drug-likeness (QED) is 0.446. The van der Waals surface area contributed by atoms with Gasteiger partial charge in [0.1, 0.15) is 11.3 Å². The minimum atomic E-state index is -0.385. The number of hydrogen-bond acceptors (Lipinski definition) is 6. The summed E-state index contributed by atoms with van der Waals surface area (Å²) in [6.45, 7) is 8.86. The van der Waals surface area contributed by atoms with Crippen molar-refractivity contribution in [1.82, 2.24) is 29.5 Å². The number of para-hydroxylation sites is 1. The van der Waals surface area contributed by atoms with Gasteiger partial charge in [0, 0.05) is 18.0 Å². The maximum atomic E-state index is 12.8. The summed E-state index contributed by atoms with van der Waals surface area (Å²) >= 11 is 1.30. The van der Waals surface area contributed by atoms with Gasteiger partial charge in [-0.1, -0.05) is 36.9 Å². The lowest BCUT2D eigenvalue weighted by atomic mass is 10.2. The molecule has 9 heteroatoms. The minimum absolute atomic E-state index is 0.121. The maximum absolute atomic E-state index is 12.8. The lowest BCUT2D eigenvalue weighted by molar-refractivity contribution is -0.115. The molecule has 0 saturated heterocycles. The first-order chi connectivity index (χ1) is 14.5. The van der Waals surface area contributed by atoms with Crippen molar-refractivity contribution < 1.29 is 4.79 Å². The summed E-state index contributed by atoms with van der Waals surface area (Å²) in [6.07, 6.45) is 2.63. The Bertz CT molecular complexity index is 1200. The van der Waals surface area contributed by atoms with Crippen LogP contribution in [0.4, 0.5) is 5.82 Å². The average molecular weight is 424 g/mol. The highest BCUT2D eigenvalue weighted by Crippen LogP contribution is 2.28. The average Bonchev–Trinajstić information content (AvgIpc) is 3.34. The third kappa shape index (κ3) is 3.65. The van der Waals surface area contributed by atoms with Crippen LogP contribution in [0.25, 0.3) is 22.1 Å². The van der Waals surface area contributed by atoms with Gasteiger partial charge >= 0.3 is 0 Å². The molecule has 0 fully saturated rings. The van der Waals surface area contributed by atoms with E-state index in [9.17, 15) is 4.79 Å². The fourth-order valence-electron chi connectivity index (χ4n) is 3.44. The predicted octanol–water partition coefficient (Wildman–Crippen LogP) is 4.29. The van der Waals surface area contributed by atoms with Crippen molar-refractivity contribution in [1.29, 1.82) is 0 Å². The van der Waals surface area contributed by atoms with E-state index in [2.05, 4.69) is 52.0 Å². The molecule has 2 atom stereocenters. The van der Waals surface area contributed by atoms with Crippen molar-refractivity contribution in [3.63, 3.8) is 0 Å². The number of aromatic nitrogens is 6. The number of carbonyl (C=O) groups excluding carboxylic acids is 1. The Balaban J connectivity index is 1.56. The number of carbonyl (C=O) groups is 1. The van der Waals surface area contributed by atoms with E-state index in [0.717, 1.165) is 35.0 Å². The third-order valence-electron chi connectivity index (χ3n) is 5.25. The number of hydrogen-bond donors (Lipinski definition) is 1. The smallest absolute Gasteiger partial charge is 0.238 e. The van der Waals surface area contributed by atoms with Crippen molar-refractivity contribution in [2.75, 3.05) is 5.32 Å². The van der Waals surface area contributed by atoms with Gasteiger partial charge in [-0.05, 0) is 33.3 Å². The molecule has 0 spiro atoms. The van der Waals surface area contributed by atoms with Crippen molar-refractivity contribution in [3.8, 4) is 0 Å². The number of amides is 1. The number of nitrogens with one attached hydrogen (secondary N) is 1. The first kappa shape index (κ1) is 20.3. The summed E-state index contributed by atoms with van der Waals surface area (Å²) in [6, 6.07) is 10.1. The van der Waals surface area contributed by atoms with Crippen LogP contribution < -0.4 is 5.32 Å². The van der Waals surface area contributed by atoms with E-state index in [1.165, 1.54) is 11.8 Å². The summed E-state index contributed by atoms with van der Waals surface area (Å²) in [5.41, 5.74) is 2.66. The van der Waals surface area contributed by atoms with Gasteiger partial charge in [-0.3, -0.25) is 4.79 Å². The molecule has 156 valence electrons. The standard InChI is InChI=1S/C21H25N7OS/c1-5-13(3)28-17(11-12-22-28)23-20(29)14(4)30-21-24-19-18(25-26-21)15-9-7-8-10-16(15)27(19)6-2/h7-14H,5-6H2,1-4H3,(H,23,29)/t13-,14-/m1/s1. The summed E-state index contributed by atoms with van der Waals surface area (Å²) in [5, 5.41) is 17.1. The normalized spacial score (nSPS) is 13.6. The van der Waals surface area contributed by atoms with Crippen LogP contribution in [0.1, 0.15) is 40.2 Å². The molecular formula is C21H25N7OS. The second-order valence-electron chi connectivity index (χ2n) is 7.20. The Morgan fingerprint density at radius 3 is 2.73 bits per heavy atom. The van der Waals surface area contributed by atoms with Gasteiger partial charge in [-0.2, -0.15) is 5.10 Å². The van der Waals surface area contributed by atoms with Crippen LogP contribution in [0, 0.1) is 0 Å². The predicted molar refractivity (Wildman–Crippen MR) is 120 cm³/mol. The molecule has 4 rings (SSSR count). The van der Waals surface area contributed by atoms with Crippen molar-refractivity contribution in [3.05, 3.63) is 36.5 Å². The van der Waals surface area contributed by atoms with Crippen LogP contribution in [0.15, 0.2) is 41.7 Å².